The lowest BCUT2D eigenvalue weighted by Crippen LogP contribution is -2.29. The molecule has 0 aromatic heterocycles. The van der Waals surface area contributed by atoms with Crippen molar-refractivity contribution in [1.82, 2.24) is 5.32 Å². The first-order valence-electron chi connectivity index (χ1n) is 7.60. The lowest BCUT2D eigenvalue weighted by atomic mass is 10.2. The van der Waals surface area contributed by atoms with E-state index in [1.165, 1.54) is 0 Å². The van der Waals surface area contributed by atoms with Crippen molar-refractivity contribution in [2.75, 3.05) is 6.61 Å². The van der Waals surface area contributed by atoms with E-state index >= 15 is 0 Å². The smallest absolute Gasteiger partial charge is 0.412 e. The Morgan fingerprint density at radius 3 is 2.21 bits per heavy atom. The molecule has 1 N–H and O–H groups in total. The molecule has 0 saturated carbocycles. The lowest BCUT2D eigenvalue weighted by Gasteiger charge is -2.10. The lowest BCUT2D eigenvalue weighted by molar-refractivity contribution is -0.138. The molecule has 0 radical (unpaired) electrons. The highest BCUT2D eigenvalue weighted by Gasteiger charge is 2.15. The van der Waals surface area contributed by atoms with Gasteiger partial charge in [-0.2, -0.15) is 0 Å². The maximum Gasteiger partial charge on any atom is 0.412 e. The molecule has 2 rings (SSSR count). The van der Waals surface area contributed by atoms with E-state index in [0.717, 1.165) is 11.1 Å². The molecule has 0 fully saturated rings. The van der Waals surface area contributed by atoms with Crippen LogP contribution in [0.25, 0.3) is 6.08 Å². The van der Waals surface area contributed by atoms with Gasteiger partial charge >= 0.3 is 12.1 Å². The van der Waals surface area contributed by atoms with Gasteiger partial charge in [-0.15, -0.1) is 0 Å². The molecule has 0 spiro atoms. The van der Waals surface area contributed by atoms with Crippen LogP contribution in [0.1, 0.15) is 18.1 Å². The molecule has 0 atom stereocenters. The molecule has 0 bridgehead atoms. The highest BCUT2D eigenvalue weighted by atomic mass is 16.6. The Balaban J connectivity index is 2.03. The molecule has 2 aromatic rings. The molecule has 0 unspecified atom stereocenters. The van der Waals surface area contributed by atoms with Gasteiger partial charge in [-0.3, -0.25) is 5.32 Å². The third kappa shape index (κ3) is 5.61. The Morgan fingerprint density at radius 1 is 0.958 bits per heavy atom. The number of nitrogens with one attached hydrogen (secondary N) is 1. The second kappa shape index (κ2) is 9.15. The van der Waals surface area contributed by atoms with Crippen LogP contribution in [0.15, 0.2) is 66.4 Å². The van der Waals surface area contributed by atoms with Crippen LogP contribution >= 0.6 is 0 Å². The summed E-state index contributed by atoms with van der Waals surface area (Å²) >= 11 is 0. The molecule has 5 nitrogen and oxygen atoms in total. The van der Waals surface area contributed by atoms with Crippen molar-refractivity contribution in [2.24, 2.45) is 0 Å². The van der Waals surface area contributed by atoms with E-state index in [-0.39, 0.29) is 18.9 Å². The van der Waals surface area contributed by atoms with Crippen LogP contribution in [0.3, 0.4) is 0 Å². The zero-order chi connectivity index (χ0) is 17.2. The van der Waals surface area contributed by atoms with Gasteiger partial charge in [0.15, 0.2) is 0 Å². The normalized spacial score (nSPS) is 10.8. The Morgan fingerprint density at radius 2 is 1.58 bits per heavy atom. The van der Waals surface area contributed by atoms with Crippen LogP contribution in [0.2, 0.25) is 0 Å². The van der Waals surface area contributed by atoms with E-state index in [1.807, 2.05) is 60.7 Å². The van der Waals surface area contributed by atoms with Crippen molar-refractivity contribution in [3.05, 3.63) is 77.5 Å². The van der Waals surface area contributed by atoms with Gasteiger partial charge in [-0.05, 0) is 24.1 Å². The molecule has 0 aliphatic carbocycles. The number of rotatable bonds is 6. The molecule has 124 valence electrons. The van der Waals surface area contributed by atoms with E-state index in [4.69, 9.17) is 9.47 Å². The average Bonchev–Trinajstić information content (AvgIpc) is 2.61. The maximum absolute atomic E-state index is 12.0. The van der Waals surface area contributed by atoms with E-state index in [9.17, 15) is 9.59 Å². The number of hydrogen-bond donors (Lipinski definition) is 1. The van der Waals surface area contributed by atoms with Crippen LogP contribution in [-0.2, 0) is 20.9 Å². The van der Waals surface area contributed by atoms with Crippen molar-refractivity contribution < 1.29 is 19.1 Å². The van der Waals surface area contributed by atoms with Gasteiger partial charge in [-0.25, -0.2) is 9.59 Å². The summed E-state index contributed by atoms with van der Waals surface area (Å²) in [5, 5.41) is 2.45. The first-order valence-corrected chi connectivity index (χ1v) is 7.60. The first-order chi connectivity index (χ1) is 11.7. The molecule has 24 heavy (non-hydrogen) atoms. The molecule has 0 aliphatic rings. The minimum absolute atomic E-state index is 0.0288. The van der Waals surface area contributed by atoms with Crippen LogP contribution in [0.5, 0.6) is 0 Å². The fraction of sp³-hybridized carbons (Fsp3) is 0.158. The van der Waals surface area contributed by atoms with Gasteiger partial charge in [0.2, 0.25) is 0 Å². The molecule has 0 aliphatic heterocycles. The highest BCUT2D eigenvalue weighted by molar-refractivity contribution is 5.96. The van der Waals surface area contributed by atoms with E-state index < -0.39 is 12.1 Å². The number of alkyl carbamates (subject to hydrolysis) is 1. The average molecular weight is 325 g/mol. The first kappa shape index (κ1) is 17.3. The van der Waals surface area contributed by atoms with Gasteiger partial charge in [0.25, 0.3) is 0 Å². The maximum atomic E-state index is 12.0. The zero-order valence-electron chi connectivity index (χ0n) is 13.4. The molecule has 1 amide bonds. The quantitative estimate of drug-likeness (QED) is 0.652. The molecule has 0 heterocycles. The van der Waals surface area contributed by atoms with Crippen LogP contribution < -0.4 is 5.32 Å². The molecular weight excluding hydrogens is 306 g/mol. The van der Waals surface area contributed by atoms with Gasteiger partial charge in [0, 0.05) is 0 Å². The molecule has 0 saturated heterocycles. The second-order valence-corrected chi connectivity index (χ2v) is 4.88. The minimum Gasteiger partial charge on any atom is -0.461 e. The Kier molecular flexibility index (Phi) is 6.58. The van der Waals surface area contributed by atoms with Crippen molar-refractivity contribution in [3.8, 4) is 0 Å². The fourth-order valence-electron chi connectivity index (χ4n) is 1.94. The number of ether oxygens (including phenoxy) is 2. The van der Waals surface area contributed by atoms with Crippen molar-refractivity contribution >= 4 is 18.1 Å². The predicted octanol–water partition coefficient (Wildman–Crippen LogP) is 3.52. The van der Waals surface area contributed by atoms with Crippen LogP contribution in [0.4, 0.5) is 4.79 Å². The van der Waals surface area contributed by atoms with Gasteiger partial charge in [0.1, 0.15) is 12.3 Å². The Labute approximate surface area is 140 Å². The van der Waals surface area contributed by atoms with Crippen molar-refractivity contribution in [1.29, 1.82) is 0 Å². The number of amides is 1. The monoisotopic (exact) mass is 325 g/mol. The van der Waals surface area contributed by atoms with Gasteiger partial charge in [-0.1, -0.05) is 60.7 Å². The van der Waals surface area contributed by atoms with Crippen molar-refractivity contribution in [3.63, 3.8) is 0 Å². The standard InChI is InChI=1S/C19H19NO4/c1-2-23-18(21)17(13-15-9-5-3-6-10-15)20-19(22)24-14-16-11-7-4-8-12-16/h3-13H,2,14H2,1H3,(H,20,22)/b17-13-. The predicted molar refractivity (Wildman–Crippen MR) is 90.8 cm³/mol. The van der Waals surface area contributed by atoms with Gasteiger partial charge < -0.3 is 9.47 Å². The minimum atomic E-state index is -0.714. The molecule has 5 heteroatoms. The summed E-state index contributed by atoms with van der Waals surface area (Å²) in [7, 11) is 0. The molecule has 2 aromatic carbocycles. The summed E-state index contributed by atoms with van der Waals surface area (Å²) in [5.41, 5.74) is 1.65. The van der Waals surface area contributed by atoms with Gasteiger partial charge in [0.05, 0.1) is 6.61 Å². The number of benzene rings is 2. The Hall–Kier alpha value is -3.08. The summed E-state index contributed by atoms with van der Waals surface area (Å²) in [6.45, 7) is 2.03. The highest BCUT2D eigenvalue weighted by Crippen LogP contribution is 2.07. The van der Waals surface area contributed by atoms with E-state index in [1.54, 1.807) is 13.0 Å². The Bertz CT molecular complexity index is 696. The topological polar surface area (TPSA) is 64.6 Å². The summed E-state index contributed by atoms with van der Waals surface area (Å²) in [6, 6.07) is 18.5. The number of carbonyl (C=O) groups excluding carboxylic acids is 2. The zero-order valence-corrected chi connectivity index (χ0v) is 13.4. The fourth-order valence-corrected chi connectivity index (χ4v) is 1.94. The largest absolute Gasteiger partial charge is 0.461 e. The number of esters is 1. The van der Waals surface area contributed by atoms with E-state index in [2.05, 4.69) is 5.32 Å². The SMILES string of the molecule is CCOC(=O)/C(=C/c1ccccc1)NC(=O)OCc1ccccc1. The number of hydrogen-bond acceptors (Lipinski definition) is 4. The third-order valence-electron chi connectivity index (χ3n) is 3.06. The van der Waals surface area contributed by atoms with E-state index in [0.29, 0.717) is 0 Å². The van der Waals surface area contributed by atoms with Crippen LogP contribution in [-0.4, -0.2) is 18.7 Å². The summed E-state index contributed by atoms with van der Waals surface area (Å²) < 4.78 is 10.1. The molecular formula is C19H19NO4. The summed E-state index contributed by atoms with van der Waals surface area (Å²) in [5.74, 6) is -0.613. The second-order valence-electron chi connectivity index (χ2n) is 4.88. The number of carbonyl (C=O) groups is 2. The summed E-state index contributed by atoms with van der Waals surface area (Å²) in [6.07, 6.45) is 0.830. The van der Waals surface area contributed by atoms with Crippen molar-refractivity contribution in [2.45, 2.75) is 13.5 Å². The van der Waals surface area contributed by atoms with Crippen LogP contribution in [0, 0.1) is 0 Å². The summed E-state index contributed by atoms with van der Waals surface area (Å²) in [4.78, 5) is 23.9. The third-order valence-corrected chi connectivity index (χ3v) is 3.06.